The molecule has 2 atom stereocenters. The van der Waals surface area contributed by atoms with Crippen LogP contribution in [0.5, 0.6) is 0 Å². The molecule has 0 spiro atoms. The first-order valence-corrected chi connectivity index (χ1v) is 8.96. The number of nitrogens with one attached hydrogen (secondary N) is 1. The van der Waals surface area contributed by atoms with Crippen LogP contribution in [0.2, 0.25) is 0 Å². The summed E-state index contributed by atoms with van der Waals surface area (Å²) in [6.07, 6.45) is 4.87. The van der Waals surface area contributed by atoms with Gasteiger partial charge in [0.05, 0.1) is 5.69 Å². The van der Waals surface area contributed by atoms with Crippen molar-refractivity contribution in [3.8, 4) is 0 Å². The van der Waals surface area contributed by atoms with Crippen molar-refractivity contribution in [1.29, 1.82) is 0 Å². The first-order valence-electron chi connectivity index (χ1n) is 6.19. The highest BCUT2D eigenvalue weighted by atomic mass is 32.2. The van der Waals surface area contributed by atoms with E-state index in [1.54, 1.807) is 25.7 Å². The van der Waals surface area contributed by atoms with Crippen molar-refractivity contribution in [2.24, 2.45) is 7.05 Å². The van der Waals surface area contributed by atoms with Crippen LogP contribution in [-0.4, -0.2) is 35.7 Å². The van der Waals surface area contributed by atoms with Crippen LogP contribution in [0.15, 0.2) is 4.90 Å². The third-order valence-corrected chi connectivity index (χ3v) is 6.39. The molecule has 0 amide bonds. The number of nitrogen functional groups attached to an aromatic ring is 1. The van der Waals surface area contributed by atoms with Crippen molar-refractivity contribution >= 4 is 27.6 Å². The van der Waals surface area contributed by atoms with E-state index in [1.807, 2.05) is 0 Å². The Morgan fingerprint density at radius 3 is 2.63 bits per heavy atom. The minimum absolute atomic E-state index is 0.00135. The second kappa shape index (κ2) is 5.34. The van der Waals surface area contributed by atoms with E-state index in [2.05, 4.69) is 16.1 Å². The minimum Gasteiger partial charge on any atom is -0.381 e. The molecule has 6 nitrogen and oxygen atoms in total. The molecule has 3 N–H and O–H groups in total. The molecule has 19 heavy (non-hydrogen) atoms. The Morgan fingerprint density at radius 1 is 1.47 bits per heavy atom. The van der Waals surface area contributed by atoms with Crippen LogP contribution in [-0.2, 0) is 17.1 Å². The second-order valence-electron chi connectivity index (χ2n) is 4.91. The lowest BCUT2D eigenvalue weighted by atomic mass is 10.3. The van der Waals surface area contributed by atoms with Crippen LogP contribution < -0.4 is 10.5 Å². The Labute approximate surface area is 118 Å². The van der Waals surface area contributed by atoms with Crippen molar-refractivity contribution in [3.63, 3.8) is 0 Å². The number of hydrogen-bond acceptors (Lipinski definition) is 5. The summed E-state index contributed by atoms with van der Waals surface area (Å²) >= 11 is 1.79. The Hall–Kier alpha value is -0.730. The van der Waals surface area contributed by atoms with Gasteiger partial charge in [-0.25, -0.2) is 13.1 Å². The summed E-state index contributed by atoms with van der Waals surface area (Å²) in [4.78, 5) is 0.114. The van der Waals surface area contributed by atoms with E-state index in [0.29, 0.717) is 10.9 Å². The van der Waals surface area contributed by atoms with E-state index in [4.69, 9.17) is 5.73 Å². The summed E-state index contributed by atoms with van der Waals surface area (Å²) in [7, 11) is -1.90. The molecule has 0 saturated heterocycles. The van der Waals surface area contributed by atoms with Gasteiger partial charge in [-0.2, -0.15) is 16.9 Å². The fraction of sp³-hybridized carbons (Fsp3) is 0.727. The average molecular weight is 304 g/mol. The molecule has 1 aliphatic carbocycles. The fourth-order valence-electron chi connectivity index (χ4n) is 2.49. The van der Waals surface area contributed by atoms with E-state index >= 15 is 0 Å². The summed E-state index contributed by atoms with van der Waals surface area (Å²) < 4.78 is 29.0. The highest BCUT2D eigenvalue weighted by Crippen LogP contribution is 2.30. The molecule has 0 aliphatic heterocycles. The molecule has 0 radical (unpaired) electrons. The molecule has 1 heterocycles. The van der Waals surface area contributed by atoms with Gasteiger partial charge in [0.1, 0.15) is 4.90 Å². The summed E-state index contributed by atoms with van der Waals surface area (Å²) in [5, 5.41) is 4.50. The molecular formula is C11H20N4O2S2. The normalized spacial score (nSPS) is 23.9. The maximum absolute atomic E-state index is 12.4. The number of nitrogens with two attached hydrogens (primary N) is 1. The van der Waals surface area contributed by atoms with Crippen molar-refractivity contribution in [3.05, 3.63) is 5.69 Å². The quantitative estimate of drug-likeness (QED) is 0.861. The molecule has 0 bridgehead atoms. The molecule has 1 saturated carbocycles. The van der Waals surface area contributed by atoms with E-state index < -0.39 is 10.0 Å². The predicted octanol–water partition coefficient (Wildman–Crippen LogP) is 0.873. The smallest absolute Gasteiger partial charge is 0.246 e. The largest absolute Gasteiger partial charge is 0.381 e. The topological polar surface area (TPSA) is 90.0 Å². The van der Waals surface area contributed by atoms with Crippen LogP contribution >= 0.6 is 11.8 Å². The van der Waals surface area contributed by atoms with Crippen LogP contribution in [0.1, 0.15) is 25.0 Å². The zero-order valence-corrected chi connectivity index (χ0v) is 13.0. The molecular weight excluding hydrogens is 284 g/mol. The van der Waals surface area contributed by atoms with Crippen molar-refractivity contribution in [1.82, 2.24) is 14.5 Å². The number of sulfonamides is 1. The molecule has 1 aliphatic rings. The fourth-order valence-corrected chi connectivity index (χ4v) is 4.89. The van der Waals surface area contributed by atoms with Crippen LogP contribution in [0.3, 0.4) is 0 Å². The molecule has 1 aromatic heterocycles. The number of thioether (sulfide) groups is 1. The first-order chi connectivity index (χ1) is 8.85. The van der Waals surface area contributed by atoms with Crippen LogP contribution in [0, 0.1) is 6.92 Å². The zero-order chi connectivity index (χ0) is 14.2. The maximum Gasteiger partial charge on any atom is 0.246 e. The summed E-state index contributed by atoms with van der Waals surface area (Å²) in [6.45, 7) is 1.71. The second-order valence-corrected chi connectivity index (χ2v) is 7.70. The maximum atomic E-state index is 12.4. The Kier molecular flexibility index (Phi) is 4.12. The van der Waals surface area contributed by atoms with Gasteiger partial charge in [0.15, 0.2) is 5.82 Å². The average Bonchev–Trinajstić information content (AvgIpc) is 2.84. The van der Waals surface area contributed by atoms with Gasteiger partial charge in [0, 0.05) is 18.3 Å². The van der Waals surface area contributed by atoms with Gasteiger partial charge in [-0.3, -0.25) is 4.68 Å². The van der Waals surface area contributed by atoms with Crippen molar-refractivity contribution in [2.45, 2.75) is 42.4 Å². The van der Waals surface area contributed by atoms with Gasteiger partial charge < -0.3 is 5.73 Å². The lowest BCUT2D eigenvalue weighted by Gasteiger charge is -2.13. The van der Waals surface area contributed by atoms with Crippen molar-refractivity contribution in [2.75, 3.05) is 12.0 Å². The number of hydrogen-bond donors (Lipinski definition) is 2. The minimum atomic E-state index is -3.58. The third kappa shape index (κ3) is 2.90. The predicted molar refractivity (Wildman–Crippen MR) is 77.6 cm³/mol. The van der Waals surface area contributed by atoms with Gasteiger partial charge in [0.2, 0.25) is 10.0 Å². The summed E-state index contributed by atoms with van der Waals surface area (Å²) in [5.74, 6) is 0.0620. The molecule has 8 heteroatoms. The molecule has 1 fully saturated rings. The molecule has 2 rings (SSSR count). The monoisotopic (exact) mass is 304 g/mol. The van der Waals surface area contributed by atoms with Gasteiger partial charge in [-0.15, -0.1) is 0 Å². The third-order valence-electron chi connectivity index (χ3n) is 3.61. The van der Waals surface area contributed by atoms with Gasteiger partial charge >= 0.3 is 0 Å². The number of rotatable bonds is 4. The summed E-state index contributed by atoms with van der Waals surface area (Å²) in [5.41, 5.74) is 6.26. The highest BCUT2D eigenvalue weighted by molar-refractivity contribution is 7.99. The number of aromatic nitrogens is 2. The lowest BCUT2D eigenvalue weighted by molar-refractivity contribution is 0.552. The van der Waals surface area contributed by atoms with E-state index in [1.165, 1.54) is 4.68 Å². The molecule has 108 valence electrons. The van der Waals surface area contributed by atoms with E-state index in [9.17, 15) is 8.42 Å². The van der Waals surface area contributed by atoms with Gasteiger partial charge in [0.25, 0.3) is 0 Å². The first kappa shape index (κ1) is 14.7. The van der Waals surface area contributed by atoms with Gasteiger partial charge in [-0.05, 0) is 32.4 Å². The Morgan fingerprint density at radius 2 is 2.16 bits per heavy atom. The standard InChI is InChI=1S/C11H20N4O2S2/c1-7-10(11(12)13-15(7)2)19(16,17)14-8-4-5-9(6-8)18-3/h8-9,14H,4-6H2,1-3H3,(H2,12,13). The van der Waals surface area contributed by atoms with Crippen LogP contribution in [0.4, 0.5) is 5.82 Å². The van der Waals surface area contributed by atoms with E-state index in [-0.39, 0.29) is 16.8 Å². The Bertz CT molecular complexity index is 567. The van der Waals surface area contributed by atoms with E-state index in [0.717, 1.165) is 19.3 Å². The molecule has 1 aromatic rings. The summed E-state index contributed by atoms with van der Waals surface area (Å²) in [6, 6.07) is 0.00135. The SMILES string of the molecule is CSC1CCC(NS(=O)(=O)c2c(N)nn(C)c2C)C1. The molecule has 0 aromatic carbocycles. The van der Waals surface area contributed by atoms with Crippen LogP contribution in [0.25, 0.3) is 0 Å². The Balaban J connectivity index is 2.19. The molecule has 2 unspecified atom stereocenters. The number of anilines is 1. The highest BCUT2D eigenvalue weighted by Gasteiger charge is 2.31. The number of nitrogens with zero attached hydrogens (tertiary/aromatic N) is 2. The van der Waals surface area contributed by atoms with Crippen molar-refractivity contribution < 1.29 is 8.42 Å². The number of aryl methyl sites for hydroxylation is 1. The zero-order valence-electron chi connectivity index (χ0n) is 11.4. The van der Waals surface area contributed by atoms with Gasteiger partial charge in [-0.1, -0.05) is 0 Å². The lowest BCUT2D eigenvalue weighted by Crippen LogP contribution is -2.33.